The van der Waals surface area contributed by atoms with Crippen LogP contribution in [0.1, 0.15) is 296 Å². The summed E-state index contributed by atoms with van der Waals surface area (Å²) >= 11 is 0. The first-order valence-electron chi connectivity index (χ1n) is 27.9. The minimum Gasteiger partial charge on any atom is -0.394 e. The predicted molar refractivity (Wildman–Crippen MR) is 276 cm³/mol. The fraction of sp³-hybridized carbons (Fsp3) is 0.845. The third-order valence-corrected chi connectivity index (χ3v) is 12.8. The summed E-state index contributed by atoms with van der Waals surface area (Å²) in [7, 11) is 0. The summed E-state index contributed by atoms with van der Waals surface area (Å²) in [6, 6.07) is -0.642. The molecule has 0 aliphatic rings. The largest absolute Gasteiger partial charge is 0.394 e. The summed E-state index contributed by atoms with van der Waals surface area (Å²) in [6.45, 7) is 4.31. The minimum atomic E-state index is -0.865. The van der Waals surface area contributed by atoms with Crippen molar-refractivity contribution in [1.29, 1.82) is 0 Å². The molecule has 0 aromatic rings. The van der Waals surface area contributed by atoms with E-state index in [1.165, 1.54) is 238 Å². The van der Waals surface area contributed by atoms with Gasteiger partial charge in [-0.15, -0.1) is 0 Å². The van der Waals surface area contributed by atoms with Gasteiger partial charge in [0.25, 0.3) is 0 Å². The van der Waals surface area contributed by atoms with Gasteiger partial charge in [-0.25, -0.2) is 0 Å². The molecule has 4 heteroatoms. The molecule has 0 bridgehead atoms. The molecule has 0 aromatic heterocycles. The summed E-state index contributed by atoms with van der Waals surface area (Å²) in [6.07, 6.45) is 74.1. The highest BCUT2D eigenvalue weighted by molar-refractivity contribution is 5.76. The number of carbonyl (C=O) groups is 1. The molecule has 0 spiro atoms. The average Bonchev–Trinajstić information content (AvgIpc) is 3.28. The van der Waals surface area contributed by atoms with Gasteiger partial charge in [0.15, 0.2) is 0 Å². The maximum atomic E-state index is 12.5. The van der Waals surface area contributed by atoms with Crippen LogP contribution in [0.25, 0.3) is 0 Å². The number of aliphatic hydroxyl groups is 2. The number of nitrogens with one attached hydrogen (secondary N) is 1. The third kappa shape index (κ3) is 49.4. The molecule has 0 aliphatic heterocycles. The number of carbonyl (C=O) groups excluding carboxylic acids is 1. The van der Waals surface area contributed by atoms with Crippen molar-refractivity contribution in [3.05, 3.63) is 48.6 Å². The van der Waals surface area contributed by atoms with Crippen LogP contribution >= 0.6 is 0 Å². The molecular formula is C58H109NO3. The molecule has 1 amide bonds. The van der Waals surface area contributed by atoms with Gasteiger partial charge in [0, 0.05) is 6.42 Å². The number of allylic oxidation sites excluding steroid dienone is 7. The molecule has 0 heterocycles. The molecular weight excluding hydrogens is 759 g/mol. The zero-order valence-corrected chi connectivity index (χ0v) is 41.9. The van der Waals surface area contributed by atoms with Crippen LogP contribution in [0, 0.1) is 0 Å². The van der Waals surface area contributed by atoms with Crippen molar-refractivity contribution < 1.29 is 15.0 Å². The van der Waals surface area contributed by atoms with Crippen LogP contribution in [0.2, 0.25) is 0 Å². The first-order chi connectivity index (χ1) is 30.7. The van der Waals surface area contributed by atoms with Crippen molar-refractivity contribution in [2.75, 3.05) is 6.61 Å². The van der Waals surface area contributed by atoms with Crippen LogP contribution in [0.3, 0.4) is 0 Å². The maximum Gasteiger partial charge on any atom is 0.220 e. The SMILES string of the molecule is CCCCCCC/C=C\C/C=C\CCCCCCCCCCCCCC(=O)NC(CO)C(O)/C=C/CC/C=C/CCCCCCCCCCCCCCCCCCCCCCC. The average molecular weight is 869 g/mol. The second-order valence-corrected chi connectivity index (χ2v) is 19.0. The highest BCUT2D eigenvalue weighted by Gasteiger charge is 2.18. The van der Waals surface area contributed by atoms with E-state index in [4.69, 9.17) is 0 Å². The van der Waals surface area contributed by atoms with Crippen molar-refractivity contribution in [1.82, 2.24) is 5.32 Å². The van der Waals surface area contributed by atoms with Gasteiger partial charge in [0.05, 0.1) is 18.8 Å². The van der Waals surface area contributed by atoms with E-state index in [1.54, 1.807) is 6.08 Å². The topological polar surface area (TPSA) is 69.6 Å². The predicted octanol–water partition coefficient (Wildman–Crippen LogP) is 18.3. The zero-order chi connectivity index (χ0) is 44.9. The van der Waals surface area contributed by atoms with Gasteiger partial charge in [0.1, 0.15) is 0 Å². The summed E-state index contributed by atoms with van der Waals surface area (Å²) in [5.41, 5.74) is 0. The summed E-state index contributed by atoms with van der Waals surface area (Å²) in [5, 5.41) is 23.1. The Bertz CT molecular complexity index is 985. The molecule has 0 aliphatic carbocycles. The Kier molecular flexibility index (Phi) is 52.3. The van der Waals surface area contributed by atoms with E-state index in [-0.39, 0.29) is 12.5 Å². The first kappa shape index (κ1) is 60.4. The van der Waals surface area contributed by atoms with E-state index in [0.29, 0.717) is 6.42 Å². The normalized spacial score (nSPS) is 13.2. The number of rotatable bonds is 51. The highest BCUT2D eigenvalue weighted by atomic mass is 16.3. The summed E-state index contributed by atoms with van der Waals surface area (Å²) in [5.74, 6) is -0.0736. The lowest BCUT2D eigenvalue weighted by Crippen LogP contribution is -2.45. The molecule has 0 saturated carbocycles. The Morgan fingerprint density at radius 2 is 0.677 bits per heavy atom. The van der Waals surface area contributed by atoms with Gasteiger partial charge >= 0.3 is 0 Å². The van der Waals surface area contributed by atoms with Crippen LogP contribution in [0.15, 0.2) is 48.6 Å². The minimum absolute atomic E-state index is 0.0736. The molecule has 3 N–H and O–H groups in total. The van der Waals surface area contributed by atoms with Crippen molar-refractivity contribution in [2.24, 2.45) is 0 Å². The lowest BCUT2D eigenvalue weighted by Gasteiger charge is -2.19. The molecule has 62 heavy (non-hydrogen) atoms. The van der Waals surface area contributed by atoms with E-state index in [2.05, 4.69) is 55.6 Å². The number of unbranched alkanes of at least 4 members (excludes halogenated alkanes) is 38. The zero-order valence-electron chi connectivity index (χ0n) is 41.9. The molecule has 4 nitrogen and oxygen atoms in total. The fourth-order valence-electron chi connectivity index (χ4n) is 8.52. The molecule has 364 valence electrons. The Balaban J connectivity index is 3.53. The van der Waals surface area contributed by atoms with Crippen LogP contribution < -0.4 is 5.32 Å². The van der Waals surface area contributed by atoms with Crippen molar-refractivity contribution >= 4 is 5.91 Å². The second kappa shape index (κ2) is 53.7. The third-order valence-electron chi connectivity index (χ3n) is 12.8. The molecule has 0 fully saturated rings. The van der Waals surface area contributed by atoms with Gasteiger partial charge in [0.2, 0.25) is 5.91 Å². The number of hydrogen-bond acceptors (Lipinski definition) is 3. The quantitative estimate of drug-likeness (QED) is 0.0421. The van der Waals surface area contributed by atoms with Gasteiger partial charge in [-0.05, 0) is 64.2 Å². The lowest BCUT2D eigenvalue weighted by molar-refractivity contribution is -0.123. The lowest BCUT2D eigenvalue weighted by atomic mass is 10.0. The number of hydrogen-bond donors (Lipinski definition) is 3. The van der Waals surface area contributed by atoms with Crippen molar-refractivity contribution in [3.63, 3.8) is 0 Å². The van der Waals surface area contributed by atoms with Crippen LogP contribution in [0.5, 0.6) is 0 Å². The first-order valence-corrected chi connectivity index (χ1v) is 27.9. The molecule has 0 radical (unpaired) electrons. The van der Waals surface area contributed by atoms with Gasteiger partial charge in [-0.2, -0.15) is 0 Å². The number of amides is 1. The van der Waals surface area contributed by atoms with Crippen LogP contribution in [0.4, 0.5) is 0 Å². The second-order valence-electron chi connectivity index (χ2n) is 19.0. The monoisotopic (exact) mass is 868 g/mol. The van der Waals surface area contributed by atoms with Crippen LogP contribution in [-0.2, 0) is 4.79 Å². The molecule has 0 rings (SSSR count). The van der Waals surface area contributed by atoms with E-state index in [9.17, 15) is 15.0 Å². The Morgan fingerprint density at radius 1 is 0.387 bits per heavy atom. The van der Waals surface area contributed by atoms with Crippen molar-refractivity contribution in [3.8, 4) is 0 Å². The van der Waals surface area contributed by atoms with Crippen LogP contribution in [-0.4, -0.2) is 34.9 Å². The van der Waals surface area contributed by atoms with Gasteiger partial charge in [-0.1, -0.05) is 274 Å². The standard InChI is InChI=1S/C58H109NO3/c1-3-5-7-9-11-13-15-17-19-21-23-25-27-28-29-30-32-33-35-37-39-41-43-45-47-49-51-53-57(61)56(55-60)59-58(62)54-52-50-48-46-44-42-40-38-36-34-31-26-24-22-20-18-16-14-12-10-8-6-4-2/h16,18,22,24,43,45,51,53,56-57,60-61H,3-15,17,19-21,23,25-42,44,46-50,52,54-55H2,1-2H3,(H,59,62)/b18-16-,24-22-,45-43+,53-51+. The number of aliphatic hydroxyl groups excluding tert-OH is 2. The smallest absolute Gasteiger partial charge is 0.220 e. The highest BCUT2D eigenvalue weighted by Crippen LogP contribution is 2.17. The summed E-state index contributed by atoms with van der Waals surface area (Å²) in [4.78, 5) is 12.5. The molecule has 2 unspecified atom stereocenters. The Labute approximate surface area is 388 Å². The van der Waals surface area contributed by atoms with E-state index < -0.39 is 12.1 Å². The van der Waals surface area contributed by atoms with E-state index in [1.807, 2.05) is 6.08 Å². The molecule has 0 saturated heterocycles. The fourth-order valence-corrected chi connectivity index (χ4v) is 8.52. The molecule has 2 atom stereocenters. The van der Waals surface area contributed by atoms with E-state index in [0.717, 1.165) is 38.5 Å². The maximum absolute atomic E-state index is 12.5. The Morgan fingerprint density at radius 3 is 1.03 bits per heavy atom. The molecule has 0 aromatic carbocycles. The Hall–Kier alpha value is -1.65. The van der Waals surface area contributed by atoms with E-state index >= 15 is 0 Å². The van der Waals surface area contributed by atoms with Crippen molar-refractivity contribution in [2.45, 2.75) is 309 Å². The van der Waals surface area contributed by atoms with Gasteiger partial charge in [-0.3, -0.25) is 4.79 Å². The summed E-state index contributed by atoms with van der Waals surface area (Å²) < 4.78 is 0. The van der Waals surface area contributed by atoms with Gasteiger partial charge < -0.3 is 15.5 Å².